The molecule has 2 aliphatic heterocycles. The summed E-state index contributed by atoms with van der Waals surface area (Å²) in [5, 5.41) is 2.77. The lowest BCUT2D eigenvalue weighted by Gasteiger charge is -2.30. The summed E-state index contributed by atoms with van der Waals surface area (Å²) in [4.78, 5) is 25.2. The molecule has 0 atom stereocenters. The average Bonchev–Trinajstić information content (AvgIpc) is 2.55. The molecular weight excluding hydrogens is 244 g/mol. The first-order chi connectivity index (χ1) is 8.09. The molecule has 2 heterocycles. The first-order valence-electron chi connectivity index (χ1n) is 5.53. The number of carbonyl (C=O) groups is 2. The smallest absolute Gasteiger partial charge is 0.325 e. The second-order valence-corrected chi connectivity index (χ2v) is 4.67. The van der Waals surface area contributed by atoms with Gasteiger partial charge in [0.2, 0.25) is 0 Å². The number of hydrogen-bond donors (Lipinski definition) is 1. The predicted octanol–water partition coefficient (Wildman–Crippen LogP) is 0.882. The number of amides is 3. The van der Waals surface area contributed by atoms with E-state index in [1.165, 1.54) is 4.90 Å². The lowest BCUT2D eigenvalue weighted by atomic mass is 9.90. The highest BCUT2D eigenvalue weighted by atomic mass is 35.5. The molecule has 0 aromatic heterocycles. The van der Waals surface area contributed by atoms with Gasteiger partial charge in [-0.1, -0.05) is 6.58 Å². The van der Waals surface area contributed by atoms with E-state index in [2.05, 4.69) is 11.9 Å². The normalized spacial score (nSPS) is 23.0. The van der Waals surface area contributed by atoms with Crippen LogP contribution in [0.2, 0.25) is 0 Å². The van der Waals surface area contributed by atoms with Gasteiger partial charge in [-0.3, -0.25) is 9.69 Å². The summed E-state index contributed by atoms with van der Waals surface area (Å²) in [6.45, 7) is 4.89. The van der Waals surface area contributed by atoms with Crippen molar-refractivity contribution in [3.05, 3.63) is 12.2 Å². The molecular formula is C11H15ClN2O3. The number of alkyl halides is 1. The van der Waals surface area contributed by atoms with Crippen LogP contribution in [0.3, 0.4) is 0 Å². The SMILES string of the molecule is C=C(CCl)CN1C(=O)NC2(CCOCC2)C1=O. The summed E-state index contributed by atoms with van der Waals surface area (Å²) in [5.74, 6) is 0.0600. The minimum atomic E-state index is -0.762. The molecule has 5 nitrogen and oxygen atoms in total. The average molecular weight is 259 g/mol. The summed E-state index contributed by atoms with van der Waals surface area (Å²) in [5.41, 5.74) is -0.110. The van der Waals surface area contributed by atoms with Gasteiger partial charge in [0.25, 0.3) is 5.91 Å². The number of hydrogen-bond acceptors (Lipinski definition) is 3. The van der Waals surface area contributed by atoms with Crippen molar-refractivity contribution in [1.29, 1.82) is 0 Å². The Balaban J connectivity index is 2.13. The van der Waals surface area contributed by atoms with Crippen molar-refractivity contribution in [2.45, 2.75) is 18.4 Å². The Morgan fingerprint density at radius 1 is 1.47 bits per heavy atom. The van der Waals surface area contributed by atoms with Crippen molar-refractivity contribution in [2.75, 3.05) is 25.6 Å². The zero-order valence-corrected chi connectivity index (χ0v) is 10.3. The van der Waals surface area contributed by atoms with Gasteiger partial charge in [0.1, 0.15) is 5.54 Å². The fourth-order valence-corrected chi connectivity index (χ4v) is 2.23. The molecule has 0 saturated carbocycles. The van der Waals surface area contributed by atoms with Gasteiger partial charge in [-0.2, -0.15) is 0 Å². The highest BCUT2D eigenvalue weighted by Crippen LogP contribution is 2.28. The number of halogens is 1. The molecule has 3 amide bonds. The van der Waals surface area contributed by atoms with Crippen LogP contribution in [-0.4, -0.2) is 48.0 Å². The molecule has 1 spiro atoms. The quantitative estimate of drug-likeness (QED) is 0.465. The lowest BCUT2D eigenvalue weighted by Crippen LogP contribution is -2.51. The zero-order chi connectivity index (χ0) is 12.5. The van der Waals surface area contributed by atoms with Crippen molar-refractivity contribution < 1.29 is 14.3 Å². The maximum atomic E-state index is 12.2. The number of ether oxygens (including phenoxy) is 1. The van der Waals surface area contributed by atoms with E-state index in [0.717, 1.165) is 0 Å². The number of urea groups is 1. The minimum Gasteiger partial charge on any atom is -0.381 e. The summed E-state index contributed by atoms with van der Waals surface area (Å²) in [6, 6.07) is -0.358. The Morgan fingerprint density at radius 2 is 2.12 bits per heavy atom. The van der Waals surface area contributed by atoms with E-state index in [4.69, 9.17) is 16.3 Å². The van der Waals surface area contributed by atoms with E-state index in [1.54, 1.807) is 0 Å². The molecule has 0 radical (unpaired) electrons. The fraction of sp³-hybridized carbons (Fsp3) is 0.636. The molecule has 2 rings (SSSR count). The fourth-order valence-electron chi connectivity index (χ4n) is 2.14. The molecule has 1 N–H and O–H groups in total. The summed E-state index contributed by atoms with van der Waals surface area (Å²) < 4.78 is 5.22. The molecule has 0 bridgehead atoms. The van der Waals surface area contributed by atoms with Gasteiger partial charge >= 0.3 is 6.03 Å². The van der Waals surface area contributed by atoms with E-state index < -0.39 is 5.54 Å². The standard InChI is InChI=1S/C11H15ClN2O3/c1-8(6-12)7-14-9(15)11(13-10(14)16)2-4-17-5-3-11/h1-7H2,(H,13,16). The highest BCUT2D eigenvalue weighted by Gasteiger charge is 2.51. The topological polar surface area (TPSA) is 58.6 Å². The largest absolute Gasteiger partial charge is 0.381 e. The molecule has 0 aliphatic carbocycles. The van der Waals surface area contributed by atoms with Crippen LogP contribution in [0.15, 0.2) is 12.2 Å². The van der Waals surface area contributed by atoms with Crippen molar-refractivity contribution in [3.8, 4) is 0 Å². The van der Waals surface area contributed by atoms with Gasteiger partial charge in [-0.05, 0) is 5.57 Å². The molecule has 2 saturated heterocycles. The van der Waals surface area contributed by atoms with Gasteiger partial charge in [0, 0.05) is 31.9 Å². The molecule has 94 valence electrons. The predicted molar refractivity (Wildman–Crippen MR) is 62.9 cm³/mol. The van der Waals surface area contributed by atoms with Crippen molar-refractivity contribution >= 4 is 23.5 Å². The van der Waals surface area contributed by atoms with Crippen LogP contribution in [0.1, 0.15) is 12.8 Å². The monoisotopic (exact) mass is 258 g/mol. The van der Waals surface area contributed by atoms with Crippen LogP contribution in [0.5, 0.6) is 0 Å². The molecule has 6 heteroatoms. The highest BCUT2D eigenvalue weighted by molar-refractivity contribution is 6.19. The van der Waals surface area contributed by atoms with Gasteiger partial charge < -0.3 is 10.1 Å². The van der Waals surface area contributed by atoms with Crippen LogP contribution in [0.25, 0.3) is 0 Å². The summed E-state index contributed by atoms with van der Waals surface area (Å²) >= 11 is 5.61. The van der Waals surface area contributed by atoms with E-state index in [0.29, 0.717) is 31.6 Å². The number of carbonyl (C=O) groups excluding carboxylic acids is 2. The van der Waals surface area contributed by atoms with Crippen LogP contribution in [0.4, 0.5) is 4.79 Å². The molecule has 2 aliphatic rings. The van der Waals surface area contributed by atoms with E-state index in [9.17, 15) is 9.59 Å². The van der Waals surface area contributed by atoms with Gasteiger partial charge in [-0.25, -0.2) is 4.79 Å². The van der Waals surface area contributed by atoms with E-state index in [1.807, 2.05) is 0 Å². The Bertz CT molecular complexity index is 364. The maximum absolute atomic E-state index is 12.2. The van der Waals surface area contributed by atoms with Gasteiger partial charge in [0.15, 0.2) is 0 Å². The van der Waals surface area contributed by atoms with Gasteiger partial charge in [0.05, 0.1) is 6.54 Å². The Hall–Kier alpha value is -1.07. The second-order valence-electron chi connectivity index (χ2n) is 4.40. The zero-order valence-electron chi connectivity index (χ0n) is 9.50. The Labute approximate surface area is 105 Å². The van der Waals surface area contributed by atoms with E-state index in [-0.39, 0.29) is 24.4 Å². The summed E-state index contributed by atoms with van der Waals surface area (Å²) in [7, 11) is 0. The van der Waals surface area contributed by atoms with Crippen molar-refractivity contribution in [3.63, 3.8) is 0 Å². The second kappa shape index (κ2) is 4.66. The number of rotatable bonds is 3. The van der Waals surface area contributed by atoms with Crippen molar-refractivity contribution in [2.24, 2.45) is 0 Å². The van der Waals surface area contributed by atoms with Crippen LogP contribution < -0.4 is 5.32 Å². The van der Waals surface area contributed by atoms with Crippen LogP contribution >= 0.6 is 11.6 Å². The first kappa shape index (κ1) is 12.4. The molecule has 0 unspecified atom stereocenters. The van der Waals surface area contributed by atoms with Gasteiger partial charge in [-0.15, -0.1) is 11.6 Å². The third-order valence-electron chi connectivity index (χ3n) is 3.16. The lowest BCUT2D eigenvalue weighted by molar-refractivity contribution is -0.134. The Morgan fingerprint density at radius 3 is 2.71 bits per heavy atom. The minimum absolute atomic E-state index is 0.183. The molecule has 17 heavy (non-hydrogen) atoms. The van der Waals surface area contributed by atoms with E-state index >= 15 is 0 Å². The molecule has 0 aromatic rings. The molecule has 2 fully saturated rings. The molecule has 0 aromatic carbocycles. The first-order valence-corrected chi connectivity index (χ1v) is 6.07. The number of nitrogens with one attached hydrogen (secondary N) is 1. The number of nitrogens with zero attached hydrogens (tertiary/aromatic N) is 1. The summed E-state index contributed by atoms with van der Waals surface area (Å²) in [6.07, 6.45) is 1.06. The van der Waals surface area contributed by atoms with Crippen LogP contribution in [-0.2, 0) is 9.53 Å². The van der Waals surface area contributed by atoms with Crippen LogP contribution in [0, 0.1) is 0 Å². The maximum Gasteiger partial charge on any atom is 0.325 e. The Kier molecular flexibility index (Phi) is 3.40. The van der Waals surface area contributed by atoms with Crippen molar-refractivity contribution in [1.82, 2.24) is 10.2 Å². The number of imide groups is 1. The third kappa shape index (κ3) is 2.17. The third-order valence-corrected chi connectivity index (χ3v) is 3.54.